The van der Waals surface area contributed by atoms with Crippen LogP contribution in [0, 0.1) is 0 Å². The van der Waals surface area contributed by atoms with Gasteiger partial charge in [0.1, 0.15) is 5.75 Å². The first-order valence-electron chi connectivity index (χ1n) is 20.0. The Hall–Kier alpha value is -7.82. The minimum atomic E-state index is 0.838. The van der Waals surface area contributed by atoms with E-state index in [0.29, 0.717) is 0 Å². The molecule has 0 aliphatic rings. The molecule has 0 N–H and O–H groups in total. The lowest BCUT2D eigenvalue weighted by Gasteiger charge is -2.25. The van der Waals surface area contributed by atoms with Gasteiger partial charge >= 0.3 is 0 Å². The van der Waals surface area contributed by atoms with E-state index in [2.05, 4.69) is 220 Å². The number of methoxy groups -OCH3 is 1. The van der Waals surface area contributed by atoms with Gasteiger partial charge in [0.2, 0.25) is 0 Å². The number of aromatic nitrogens is 2. The predicted molar refractivity (Wildman–Crippen MR) is 247 cm³/mol. The van der Waals surface area contributed by atoms with E-state index in [1.807, 2.05) is 12.1 Å². The van der Waals surface area contributed by atoms with Crippen LogP contribution in [-0.2, 0) is 0 Å². The highest BCUT2D eigenvalue weighted by atomic mass is 16.5. The van der Waals surface area contributed by atoms with Crippen LogP contribution in [0.4, 0.5) is 17.1 Å². The highest BCUT2D eigenvalue weighted by Gasteiger charge is 2.18. The molecule has 0 aliphatic carbocycles. The van der Waals surface area contributed by atoms with Gasteiger partial charge in [0, 0.05) is 50.0 Å². The quantitative estimate of drug-likeness (QED) is 0.154. The van der Waals surface area contributed by atoms with Crippen molar-refractivity contribution in [2.75, 3.05) is 12.0 Å². The molecule has 2 heterocycles. The number of fused-ring (bicyclic) bond motifs is 6. The Bertz CT molecular complexity index is 3240. The molecule has 0 bridgehead atoms. The van der Waals surface area contributed by atoms with Crippen molar-refractivity contribution in [3.8, 4) is 39.4 Å². The third-order valence-electron chi connectivity index (χ3n) is 11.6. The molecule has 11 rings (SSSR count). The highest BCUT2D eigenvalue weighted by Crippen LogP contribution is 2.41. The highest BCUT2D eigenvalue weighted by molar-refractivity contribution is 6.13. The Labute approximate surface area is 343 Å². The maximum absolute atomic E-state index is 5.53. The van der Waals surface area contributed by atoms with E-state index in [1.54, 1.807) is 7.11 Å². The normalized spacial score (nSPS) is 11.5. The Balaban J connectivity index is 1.05. The van der Waals surface area contributed by atoms with Gasteiger partial charge in [-0.25, -0.2) is 0 Å². The average Bonchev–Trinajstić information content (AvgIpc) is 3.82. The third kappa shape index (κ3) is 5.93. The van der Waals surface area contributed by atoms with Crippen molar-refractivity contribution in [3.63, 3.8) is 0 Å². The van der Waals surface area contributed by atoms with Crippen LogP contribution in [-0.4, -0.2) is 16.2 Å². The number of hydrogen-bond acceptors (Lipinski definition) is 2. The zero-order valence-electron chi connectivity index (χ0n) is 32.5. The topological polar surface area (TPSA) is 22.3 Å². The van der Waals surface area contributed by atoms with Crippen LogP contribution in [0.1, 0.15) is 0 Å². The average molecular weight is 758 g/mol. The van der Waals surface area contributed by atoms with Crippen LogP contribution in [0.3, 0.4) is 0 Å². The fraction of sp³-hybridized carbons (Fsp3) is 0.0182. The van der Waals surface area contributed by atoms with Crippen LogP contribution in [0.15, 0.2) is 218 Å². The molecule has 2 aromatic heterocycles. The van der Waals surface area contributed by atoms with Gasteiger partial charge in [0.05, 0.1) is 29.2 Å². The first kappa shape index (κ1) is 34.4. The molecule has 0 spiro atoms. The van der Waals surface area contributed by atoms with Gasteiger partial charge < -0.3 is 18.8 Å². The van der Waals surface area contributed by atoms with Crippen molar-refractivity contribution in [2.45, 2.75) is 0 Å². The van der Waals surface area contributed by atoms with E-state index in [1.165, 1.54) is 54.8 Å². The molecule has 0 atom stereocenters. The van der Waals surface area contributed by atoms with E-state index in [9.17, 15) is 0 Å². The lowest BCUT2D eigenvalue weighted by Crippen LogP contribution is -2.09. The van der Waals surface area contributed by atoms with E-state index in [4.69, 9.17) is 4.74 Å². The minimum absolute atomic E-state index is 0.838. The number of para-hydroxylation sites is 4. The fourth-order valence-corrected chi connectivity index (χ4v) is 8.80. The second-order valence-electron chi connectivity index (χ2n) is 15.0. The molecule has 0 aliphatic heterocycles. The maximum atomic E-state index is 5.53. The summed E-state index contributed by atoms with van der Waals surface area (Å²) in [5.41, 5.74) is 15.0. The number of rotatable bonds is 8. The molecule has 0 radical (unpaired) electrons. The first-order chi connectivity index (χ1) is 29.2. The van der Waals surface area contributed by atoms with Crippen LogP contribution in [0.5, 0.6) is 5.75 Å². The molecule has 0 unspecified atom stereocenters. The van der Waals surface area contributed by atoms with Gasteiger partial charge in [-0.1, -0.05) is 103 Å². The van der Waals surface area contributed by atoms with Gasteiger partial charge in [-0.3, -0.25) is 0 Å². The third-order valence-corrected chi connectivity index (χ3v) is 11.6. The molecule has 0 fully saturated rings. The van der Waals surface area contributed by atoms with Crippen molar-refractivity contribution >= 4 is 60.7 Å². The largest absolute Gasteiger partial charge is 0.497 e. The number of ether oxygens (including phenoxy) is 1. The second kappa shape index (κ2) is 14.3. The molecule has 11 aromatic rings. The summed E-state index contributed by atoms with van der Waals surface area (Å²) in [4.78, 5) is 2.30. The molecule has 9 aromatic carbocycles. The van der Waals surface area contributed by atoms with Crippen LogP contribution >= 0.6 is 0 Å². The van der Waals surface area contributed by atoms with E-state index < -0.39 is 0 Å². The van der Waals surface area contributed by atoms with Crippen molar-refractivity contribution in [1.82, 2.24) is 9.13 Å². The van der Waals surface area contributed by atoms with E-state index >= 15 is 0 Å². The molecular formula is C55H39N3O. The zero-order valence-corrected chi connectivity index (χ0v) is 32.5. The number of benzene rings is 9. The van der Waals surface area contributed by atoms with Gasteiger partial charge in [-0.15, -0.1) is 0 Å². The molecule has 280 valence electrons. The van der Waals surface area contributed by atoms with Crippen LogP contribution in [0.2, 0.25) is 0 Å². The molecular weight excluding hydrogens is 719 g/mol. The Morgan fingerprint density at radius 3 is 1.24 bits per heavy atom. The lowest BCUT2D eigenvalue weighted by molar-refractivity contribution is 0.415. The SMILES string of the molecule is COc1ccc(-n2c3ccc(-c4ccc(N(c5ccccc5)c5ccccc5)cc4)cc3c3cc(-c4ccc5c(c4)c4ccccc4n5-c4ccccc4)ccc32)cc1. The summed E-state index contributed by atoms with van der Waals surface area (Å²) in [6.07, 6.45) is 0. The summed E-state index contributed by atoms with van der Waals surface area (Å²) in [6.45, 7) is 0. The summed E-state index contributed by atoms with van der Waals surface area (Å²) in [5, 5.41) is 4.90. The summed E-state index contributed by atoms with van der Waals surface area (Å²) in [7, 11) is 1.71. The van der Waals surface area contributed by atoms with Crippen molar-refractivity contribution in [3.05, 3.63) is 218 Å². The minimum Gasteiger partial charge on any atom is -0.497 e. The Morgan fingerprint density at radius 1 is 0.322 bits per heavy atom. The van der Waals surface area contributed by atoms with E-state index in [-0.39, 0.29) is 0 Å². The molecule has 4 nitrogen and oxygen atoms in total. The van der Waals surface area contributed by atoms with Crippen molar-refractivity contribution < 1.29 is 4.74 Å². The Morgan fingerprint density at radius 2 is 0.712 bits per heavy atom. The number of nitrogens with zero attached hydrogens (tertiary/aromatic N) is 3. The summed E-state index contributed by atoms with van der Waals surface area (Å²) in [5.74, 6) is 0.838. The first-order valence-corrected chi connectivity index (χ1v) is 20.0. The van der Waals surface area contributed by atoms with Crippen LogP contribution in [0.25, 0.3) is 77.2 Å². The number of anilines is 3. The number of hydrogen-bond donors (Lipinski definition) is 0. The standard InChI is InChI=1S/C55H39N3O/c1-59-47-30-28-46(29-31-47)58-54-32-23-39(38-21-26-45(27-22-38)56(42-13-5-2-6-14-42)43-15-7-3-8-16-43)35-50(54)51-37-41(25-34-55(51)58)40-24-33-53-49(36-40)48-19-11-12-20-52(48)57(53)44-17-9-4-10-18-44/h2-37H,1H3. The maximum Gasteiger partial charge on any atom is 0.119 e. The van der Waals surface area contributed by atoms with Gasteiger partial charge in [-0.05, 0) is 138 Å². The molecule has 0 saturated carbocycles. The molecule has 0 saturated heterocycles. The summed E-state index contributed by atoms with van der Waals surface area (Å²) < 4.78 is 10.3. The smallest absolute Gasteiger partial charge is 0.119 e. The zero-order chi connectivity index (χ0) is 39.3. The van der Waals surface area contributed by atoms with Crippen molar-refractivity contribution in [1.29, 1.82) is 0 Å². The molecule has 0 amide bonds. The monoisotopic (exact) mass is 757 g/mol. The molecule has 59 heavy (non-hydrogen) atoms. The molecule has 4 heteroatoms. The Kier molecular flexibility index (Phi) is 8.34. The predicted octanol–water partition coefficient (Wildman–Crippen LogP) is 14.7. The second-order valence-corrected chi connectivity index (χ2v) is 15.0. The van der Waals surface area contributed by atoms with Gasteiger partial charge in [0.15, 0.2) is 0 Å². The summed E-state index contributed by atoms with van der Waals surface area (Å²) in [6, 6.07) is 78.5. The van der Waals surface area contributed by atoms with Crippen molar-refractivity contribution in [2.24, 2.45) is 0 Å². The van der Waals surface area contributed by atoms with E-state index in [0.717, 1.165) is 45.2 Å². The van der Waals surface area contributed by atoms with Crippen LogP contribution < -0.4 is 9.64 Å². The van der Waals surface area contributed by atoms with Gasteiger partial charge in [0.25, 0.3) is 0 Å². The van der Waals surface area contributed by atoms with Gasteiger partial charge in [-0.2, -0.15) is 0 Å². The summed E-state index contributed by atoms with van der Waals surface area (Å²) >= 11 is 0. The fourth-order valence-electron chi connectivity index (χ4n) is 8.80. The lowest BCUT2D eigenvalue weighted by atomic mass is 9.99.